The molecule has 0 aromatic rings. The summed E-state index contributed by atoms with van der Waals surface area (Å²) in [5, 5.41) is 10.4. The minimum absolute atomic E-state index is 0.0501. The molecule has 0 aromatic heterocycles. The Balaban J connectivity index is 1.97. The lowest BCUT2D eigenvalue weighted by Crippen LogP contribution is -2.69. The maximum absolute atomic E-state index is 13.7. The van der Waals surface area contributed by atoms with Crippen molar-refractivity contribution in [2.75, 3.05) is 14.2 Å². The van der Waals surface area contributed by atoms with Crippen LogP contribution >= 0.6 is 0 Å². The highest BCUT2D eigenvalue weighted by Gasteiger charge is 2.71. The molecule has 1 N–H and O–H groups in total. The molecule has 6 nitrogen and oxygen atoms in total. The molecule has 1 saturated heterocycles. The summed E-state index contributed by atoms with van der Waals surface area (Å²) in [6.45, 7) is 7.93. The summed E-state index contributed by atoms with van der Waals surface area (Å²) in [5.41, 5.74) is -0.644. The van der Waals surface area contributed by atoms with Crippen molar-refractivity contribution >= 4 is 11.6 Å². The number of rotatable bonds is 2. The Hall–Kier alpha value is -1.66. The zero-order valence-corrected chi connectivity index (χ0v) is 17.4. The molecule has 0 amide bonds. The largest absolute Gasteiger partial charge is 0.493 e. The maximum Gasteiger partial charge on any atom is 0.203 e. The van der Waals surface area contributed by atoms with Gasteiger partial charge in [0.25, 0.3) is 0 Å². The van der Waals surface area contributed by atoms with E-state index < -0.39 is 23.0 Å². The number of fused-ring (bicyclic) bond motifs is 2. The highest BCUT2D eigenvalue weighted by molar-refractivity contribution is 6.07. The van der Waals surface area contributed by atoms with Crippen LogP contribution in [-0.2, 0) is 23.8 Å². The van der Waals surface area contributed by atoms with Crippen molar-refractivity contribution in [2.24, 2.45) is 34.5 Å². The topological polar surface area (TPSA) is 82.1 Å². The first-order chi connectivity index (χ1) is 13.1. The molecule has 0 bridgehead atoms. The lowest BCUT2D eigenvalue weighted by atomic mass is 9.40. The van der Waals surface area contributed by atoms with Crippen LogP contribution in [-0.4, -0.2) is 43.3 Å². The molecule has 28 heavy (non-hydrogen) atoms. The Labute approximate surface area is 165 Å². The molecule has 1 heterocycles. The van der Waals surface area contributed by atoms with Crippen molar-refractivity contribution in [1.29, 1.82) is 0 Å². The van der Waals surface area contributed by atoms with Crippen LogP contribution in [0.1, 0.15) is 40.5 Å². The van der Waals surface area contributed by atoms with E-state index in [1.54, 1.807) is 0 Å². The fourth-order valence-corrected chi connectivity index (χ4v) is 6.96. The predicted octanol–water partition coefficient (Wildman–Crippen LogP) is 2.61. The summed E-state index contributed by atoms with van der Waals surface area (Å²) in [7, 11) is 3.00. The van der Waals surface area contributed by atoms with Gasteiger partial charge in [0, 0.05) is 23.2 Å². The van der Waals surface area contributed by atoms with E-state index in [1.165, 1.54) is 14.2 Å². The Morgan fingerprint density at radius 3 is 2.46 bits per heavy atom. The lowest BCUT2D eigenvalue weighted by Gasteiger charge is -2.65. The van der Waals surface area contributed by atoms with Crippen molar-refractivity contribution < 1.29 is 28.9 Å². The smallest absolute Gasteiger partial charge is 0.203 e. The van der Waals surface area contributed by atoms with Crippen molar-refractivity contribution in [1.82, 2.24) is 0 Å². The number of hydrogen-bond donors (Lipinski definition) is 1. The number of ketones is 2. The summed E-state index contributed by atoms with van der Waals surface area (Å²) < 4.78 is 16.9. The van der Waals surface area contributed by atoms with Crippen LogP contribution in [0.15, 0.2) is 23.2 Å². The predicted molar refractivity (Wildman–Crippen MR) is 101 cm³/mol. The van der Waals surface area contributed by atoms with E-state index in [0.717, 1.165) is 5.57 Å². The number of Topliss-reactive ketones (excluding diaryl/α,β-unsaturated/α-hetero) is 2. The molecule has 3 aliphatic carbocycles. The molecule has 6 heteroatoms. The molecule has 4 aliphatic rings. The molecule has 1 aliphatic heterocycles. The van der Waals surface area contributed by atoms with Crippen molar-refractivity contribution in [3.05, 3.63) is 23.2 Å². The highest BCUT2D eigenvalue weighted by Crippen LogP contribution is 2.67. The summed E-state index contributed by atoms with van der Waals surface area (Å²) in [4.78, 5) is 27.3. The standard InChI is InChI=1S/C22H30O6/c1-10-7-14(26-5)20(25)22(4)12(10)8-15-21(3)13(9-16(23)28-15)11(2)18(27-6)17(24)19(21)22/h7,10,12-13,15-16,19,23H,8-9H2,1-6H3/t10-,12+,13-,15+,16+,19-,21+,22-/m0/s1. The van der Waals surface area contributed by atoms with Gasteiger partial charge in [0.1, 0.15) is 0 Å². The van der Waals surface area contributed by atoms with Crippen molar-refractivity contribution in [3.63, 3.8) is 0 Å². The first-order valence-corrected chi connectivity index (χ1v) is 10.0. The molecule has 2 fully saturated rings. The van der Waals surface area contributed by atoms with Gasteiger partial charge in [-0.05, 0) is 42.7 Å². The van der Waals surface area contributed by atoms with Gasteiger partial charge in [0.05, 0.1) is 20.3 Å². The number of aliphatic hydroxyl groups is 1. The van der Waals surface area contributed by atoms with Crippen molar-refractivity contribution in [2.45, 2.75) is 52.9 Å². The molecule has 0 radical (unpaired) electrons. The first kappa shape index (κ1) is 19.6. The van der Waals surface area contributed by atoms with E-state index in [4.69, 9.17) is 14.2 Å². The third-order valence-electron chi connectivity index (χ3n) is 8.22. The molecule has 8 atom stereocenters. The number of allylic oxidation sites excluding steroid dienone is 4. The van der Waals surface area contributed by atoms with Gasteiger partial charge in [0.15, 0.2) is 17.8 Å². The lowest BCUT2D eigenvalue weighted by molar-refractivity contribution is -0.272. The number of carbonyl (C=O) groups is 2. The SMILES string of the molecule is COC1=C[C@H](C)[C@H]2C[C@H]3O[C@@H](O)C[C@H]4C(C)=C(OC)C(=O)[C@H]([C@@]2(C)C1=O)[C@@]34C. The third kappa shape index (κ3) is 2.16. The van der Waals surface area contributed by atoms with Gasteiger partial charge in [-0.2, -0.15) is 0 Å². The van der Waals surface area contributed by atoms with E-state index in [2.05, 4.69) is 13.8 Å². The third-order valence-corrected chi connectivity index (χ3v) is 8.22. The van der Waals surface area contributed by atoms with Crippen LogP contribution < -0.4 is 0 Å². The Morgan fingerprint density at radius 1 is 1.18 bits per heavy atom. The number of carbonyl (C=O) groups excluding carboxylic acids is 2. The summed E-state index contributed by atoms with van der Waals surface area (Å²) in [6.07, 6.45) is 1.70. The van der Waals surface area contributed by atoms with Gasteiger partial charge in [-0.15, -0.1) is 0 Å². The normalized spacial score (nSPS) is 47.9. The summed E-state index contributed by atoms with van der Waals surface area (Å²) in [6, 6.07) is 0. The van der Waals surface area contributed by atoms with Crippen molar-refractivity contribution in [3.8, 4) is 0 Å². The number of ether oxygens (including phenoxy) is 3. The molecule has 4 rings (SSSR count). The number of hydrogen-bond acceptors (Lipinski definition) is 6. The second kappa shape index (κ2) is 6.17. The van der Waals surface area contributed by atoms with E-state index in [-0.39, 0.29) is 35.4 Å². The Kier molecular flexibility index (Phi) is 4.33. The Bertz CT molecular complexity index is 797. The van der Waals surface area contributed by atoms with E-state index >= 15 is 0 Å². The number of methoxy groups -OCH3 is 2. The van der Waals surface area contributed by atoms with Crippen LogP contribution in [0.5, 0.6) is 0 Å². The quantitative estimate of drug-likeness (QED) is 0.781. The summed E-state index contributed by atoms with van der Waals surface area (Å²) >= 11 is 0. The molecule has 1 saturated carbocycles. The van der Waals surface area contributed by atoms with Gasteiger partial charge in [-0.1, -0.05) is 20.8 Å². The van der Waals surface area contributed by atoms with Gasteiger partial charge >= 0.3 is 0 Å². The molecular formula is C22H30O6. The molecule has 0 unspecified atom stereocenters. The van der Waals surface area contributed by atoms with Crippen LogP contribution in [0.25, 0.3) is 0 Å². The average Bonchev–Trinajstić information content (AvgIpc) is 2.63. The minimum atomic E-state index is -0.907. The van der Waals surface area contributed by atoms with Gasteiger partial charge in [-0.25, -0.2) is 0 Å². The number of aliphatic hydroxyl groups excluding tert-OH is 1. The molecule has 154 valence electrons. The van der Waals surface area contributed by atoms with Crippen LogP contribution in [0.3, 0.4) is 0 Å². The Morgan fingerprint density at radius 2 is 1.86 bits per heavy atom. The summed E-state index contributed by atoms with van der Waals surface area (Å²) in [5.74, 6) is -0.284. The van der Waals surface area contributed by atoms with Crippen LogP contribution in [0.2, 0.25) is 0 Å². The van der Waals surface area contributed by atoms with Crippen LogP contribution in [0, 0.1) is 34.5 Å². The molecule has 0 spiro atoms. The van der Waals surface area contributed by atoms with E-state index in [0.29, 0.717) is 24.4 Å². The average molecular weight is 390 g/mol. The van der Waals surface area contributed by atoms with Crippen LogP contribution in [0.4, 0.5) is 0 Å². The monoisotopic (exact) mass is 390 g/mol. The van der Waals surface area contributed by atoms with E-state index in [1.807, 2.05) is 19.9 Å². The van der Waals surface area contributed by atoms with Gasteiger partial charge < -0.3 is 19.3 Å². The molecule has 0 aromatic carbocycles. The second-order valence-electron chi connectivity index (χ2n) is 9.30. The fraction of sp³-hybridized carbons (Fsp3) is 0.727. The highest BCUT2D eigenvalue weighted by atomic mass is 16.6. The zero-order chi connectivity index (χ0) is 20.6. The molecular weight excluding hydrogens is 360 g/mol. The maximum atomic E-state index is 13.7. The fourth-order valence-electron chi connectivity index (χ4n) is 6.96. The van der Waals surface area contributed by atoms with Gasteiger partial charge in [-0.3, -0.25) is 9.59 Å². The van der Waals surface area contributed by atoms with Gasteiger partial charge in [0.2, 0.25) is 11.6 Å². The first-order valence-electron chi connectivity index (χ1n) is 10.0. The van der Waals surface area contributed by atoms with E-state index in [9.17, 15) is 14.7 Å². The minimum Gasteiger partial charge on any atom is -0.493 e. The zero-order valence-electron chi connectivity index (χ0n) is 17.4. The second-order valence-corrected chi connectivity index (χ2v) is 9.30.